The quantitative estimate of drug-likeness (QED) is 0.639. The third-order valence-electron chi connectivity index (χ3n) is 3.10. The SMILES string of the molecule is Cc1cccc(C)c1-c1c(C)ccc[n+]1C. The van der Waals surface area contributed by atoms with Gasteiger partial charge in [-0.1, -0.05) is 18.2 Å². The summed E-state index contributed by atoms with van der Waals surface area (Å²) in [5, 5.41) is 0. The number of pyridine rings is 1. The average Bonchev–Trinajstić information content (AvgIpc) is 2.21. The zero-order valence-electron chi connectivity index (χ0n) is 10.4. The highest BCUT2D eigenvalue weighted by Gasteiger charge is 2.16. The molecule has 0 bridgehead atoms. The average molecular weight is 212 g/mol. The fourth-order valence-corrected chi connectivity index (χ4v) is 2.31. The standard InChI is InChI=1S/C15H18N/c1-11-7-5-8-12(2)14(11)15-13(3)9-6-10-16(15)4/h5-10H,1-4H3/q+1. The Labute approximate surface area is 97.4 Å². The smallest absolute Gasteiger partial charge is 0.201 e. The van der Waals surface area contributed by atoms with Gasteiger partial charge in [-0.3, -0.25) is 0 Å². The van der Waals surface area contributed by atoms with Crippen LogP contribution in [0.1, 0.15) is 16.7 Å². The van der Waals surface area contributed by atoms with Crippen LogP contribution in [0.5, 0.6) is 0 Å². The molecule has 0 radical (unpaired) electrons. The molecule has 2 aromatic rings. The second-order valence-corrected chi connectivity index (χ2v) is 4.42. The topological polar surface area (TPSA) is 3.88 Å². The molecule has 0 N–H and O–H groups in total. The molecule has 16 heavy (non-hydrogen) atoms. The van der Waals surface area contributed by atoms with Gasteiger partial charge in [0.25, 0.3) is 0 Å². The van der Waals surface area contributed by atoms with Crippen molar-refractivity contribution in [2.24, 2.45) is 7.05 Å². The van der Waals surface area contributed by atoms with Crippen LogP contribution in [0.4, 0.5) is 0 Å². The summed E-state index contributed by atoms with van der Waals surface area (Å²) >= 11 is 0. The molecule has 82 valence electrons. The molecular formula is C15H18N+. The molecule has 0 saturated heterocycles. The van der Waals surface area contributed by atoms with Crippen LogP contribution in [0.25, 0.3) is 11.3 Å². The van der Waals surface area contributed by atoms with Crippen LogP contribution in [0.2, 0.25) is 0 Å². The Morgan fingerprint density at radius 2 is 1.38 bits per heavy atom. The maximum atomic E-state index is 2.20. The Kier molecular flexibility index (Phi) is 2.78. The molecule has 0 saturated carbocycles. The Hall–Kier alpha value is -1.63. The minimum absolute atomic E-state index is 1.32. The molecule has 0 atom stereocenters. The molecule has 0 spiro atoms. The zero-order chi connectivity index (χ0) is 11.7. The first-order valence-electron chi connectivity index (χ1n) is 5.63. The predicted molar refractivity (Wildman–Crippen MR) is 67.3 cm³/mol. The third kappa shape index (κ3) is 1.73. The van der Waals surface area contributed by atoms with Gasteiger partial charge in [0.05, 0.1) is 5.56 Å². The molecule has 1 heteroatoms. The van der Waals surface area contributed by atoms with Gasteiger partial charge in [-0.15, -0.1) is 0 Å². The summed E-state index contributed by atoms with van der Waals surface area (Å²) in [6.07, 6.45) is 2.11. The van der Waals surface area contributed by atoms with Crippen LogP contribution >= 0.6 is 0 Å². The summed E-state index contributed by atoms with van der Waals surface area (Å²) in [4.78, 5) is 0. The van der Waals surface area contributed by atoms with Gasteiger partial charge in [0.2, 0.25) is 5.69 Å². The number of nitrogens with zero attached hydrogens (tertiary/aromatic N) is 1. The zero-order valence-corrected chi connectivity index (χ0v) is 10.4. The summed E-state index contributed by atoms with van der Waals surface area (Å²) in [7, 11) is 2.11. The number of benzene rings is 1. The first-order valence-corrected chi connectivity index (χ1v) is 5.63. The van der Waals surface area contributed by atoms with Crippen molar-refractivity contribution in [2.75, 3.05) is 0 Å². The number of hydrogen-bond acceptors (Lipinski definition) is 0. The molecule has 0 amide bonds. The lowest BCUT2D eigenvalue weighted by molar-refractivity contribution is -0.660. The summed E-state index contributed by atoms with van der Waals surface area (Å²) < 4.78 is 2.20. The van der Waals surface area contributed by atoms with Crippen molar-refractivity contribution in [1.29, 1.82) is 0 Å². The maximum Gasteiger partial charge on any atom is 0.215 e. The van der Waals surface area contributed by atoms with Crippen LogP contribution in [0.3, 0.4) is 0 Å². The lowest BCUT2D eigenvalue weighted by Gasteiger charge is -2.09. The Morgan fingerprint density at radius 1 is 0.812 bits per heavy atom. The first-order chi connectivity index (χ1) is 7.61. The van der Waals surface area contributed by atoms with Crippen LogP contribution < -0.4 is 4.57 Å². The fourth-order valence-electron chi connectivity index (χ4n) is 2.31. The second-order valence-electron chi connectivity index (χ2n) is 4.42. The van der Waals surface area contributed by atoms with Crippen molar-refractivity contribution < 1.29 is 4.57 Å². The predicted octanol–water partition coefficient (Wildman–Crippen LogP) is 3.10. The highest BCUT2D eigenvalue weighted by Crippen LogP contribution is 2.26. The Balaban J connectivity index is 2.77. The molecule has 0 fully saturated rings. The summed E-state index contributed by atoms with van der Waals surface area (Å²) in [6.45, 7) is 6.52. The van der Waals surface area contributed by atoms with Gasteiger partial charge >= 0.3 is 0 Å². The Bertz CT molecular complexity index is 437. The van der Waals surface area contributed by atoms with E-state index >= 15 is 0 Å². The normalized spacial score (nSPS) is 10.5. The van der Waals surface area contributed by atoms with Crippen molar-refractivity contribution in [2.45, 2.75) is 20.8 Å². The van der Waals surface area contributed by atoms with E-state index in [4.69, 9.17) is 0 Å². The van der Waals surface area contributed by atoms with Gasteiger partial charge in [-0.2, -0.15) is 0 Å². The van der Waals surface area contributed by atoms with Gasteiger partial charge in [-0.05, 0) is 38.0 Å². The summed E-state index contributed by atoms with van der Waals surface area (Å²) in [6, 6.07) is 10.7. The van der Waals surface area contributed by atoms with E-state index in [-0.39, 0.29) is 0 Å². The van der Waals surface area contributed by atoms with Crippen molar-refractivity contribution >= 4 is 0 Å². The van der Waals surface area contributed by atoms with Gasteiger partial charge in [-0.25, -0.2) is 4.57 Å². The molecule has 0 aliphatic rings. The molecule has 0 aliphatic carbocycles. The molecule has 0 unspecified atom stereocenters. The van der Waals surface area contributed by atoms with Gasteiger partial charge in [0, 0.05) is 11.6 Å². The Morgan fingerprint density at radius 3 is 1.94 bits per heavy atom. The van der Waals surface area contributed by atoms with E-state index in [2.05, 4.69) is 68.9 Å². The summed E-state index contributed by atoms with van der Waals surface area (Å²) in [5.41, 5.74) is 6.68. The molecule has 1 heterocycles. The van der Waals surface area contributed by atoms with E-state index in [1.807, 2.05) is 0 Å². The van der Waals surface area contributed by atoms with Crippen molar-refractivity contribution in [3.63, 3.8) is 0 Å². The van der Waals surface area contributed by atoms with Crippen LogP contribution in [0.15, 0.2) is 36.5 Å². The lowest BCUT2D eigenvalue weighted by atomic mass is 9.97. The number of aromatic nitrogens is 1. The lowest BCUT2D eigenvalue weighted by Crippen LogP contribution is -2.31. The molecule has 1 aromatic heterocycles. The van der Waals surface area contributed by atoms with Crippen molar-refractivity contribution in [1.82, 2.24) is 0 Å². The van der Waals surface area contributed by atoms with E-state index in [0.717, 1.165) is 0 Å². The van der Waals surface area contributed by atoms with Gasteiger partial charge in [0.15, 0.2) is 6.20 Å². The summed E-state index contributed by atoms with van der Waals surface area (Å²) in [5.74, 6) is 0. The molecular weight excluding hydrogens is 194 g/mol. The van der Waals surface area contributed by atoms with Crippen LogP contribution in [0, 0.1) is 20.8 Å². The minimum Gasteiger partial charge on any atom is -0.201 e. The molecule has 2 rings (SSSR count). The van der Waals surface area contributed by atoms with Crippen molar-refractivity contribution in [3.05, 3.63) is 53.2 Å². The monoisotopic (exact) mass is 212 g/mol. The van der Waals surface area contributed by atoms with E-state index < -0.39 is 0 Å². The molecule has 1 nitrogen and oxygen atoms in total. The second kappa shape index (κ2) is 4.09. The largest absolute Gasteiger partial charge is 0.215 e. The van der Waals surface area contributed by atoms with E-state index in [1.54, 1.807) is 0 Å². The number of hydrogen-bond donors (Lipinski definition) is 0. The molecule has 1 aromatic carbocycles. The highest BCUT2D eigenvalue weighted by molar-refractivity contribution is 5.67. The van der Waals surface area contributed by atoms with Crippen LogP contribution in [-0.2, 0) is 7.05 Å². The van der Waals surface area contributed by atoms with E-state index in [9.17, 15) is 0 Å². The number of rotatable bonds is 1. The van der Waals surface area contributed by atoms with E-state index in [0.29, 0.717) is 0 Å². The fraction of sp³-hybridized carbons (Fsp3) is 0.267. The maximum absolute atomic E-state index is 2.20. The first kappa shape index (κ1) is 10.9. The third-order valence-corrected chi connectivity index (χ3v) is 3.10. The minimum atomic E-state index is 1.32. The van der Waals surface area contributed by atoms with Crippen LogP contribution in [-0.4, -0.2) is 0 Å². The van der Waals surface area contributed by atoms with Gasteiger partial charge in [0.1, 0.15) is 7.05 Å². The number of aryl methyl sites for hydroxylation is 4. The molecule has 0 aliphatic heterocycles. The van der Waals surface area contributed by atoms with Gasteiger partial charge < -0.3 is 0 Å². The van der Waals surface area contributed by atoms with Crippen molar-refractivity contribution in [3.8, 4) is 11.3 Å². The highest BCUT2D eigenvalue weighted by atomic mass is 14.9. The van der Waals surface area contributed by atoms with E-state index in [1.165, 1.54) is 27.9 Å².